The van der Waals surface area contributed by atoms with Crippen molar-refractivity contribution >= 4 is 12.1 Å². The molecule has 17 heavy (non-hydrogen) atoms. The molecule has 1 fully saturated rings. The van der Waals surface area contributed by atoms with Crippen LogP contribution in [0.15, 0.2) is 18.2 Å². The Morgan fingerprint density at radius 2 is 2.06 bits per heavy atom. The number of nitrogens with zero attached hydrogens (tertiary/aromatic N) is 1. The summed E-state index contributed by atoms with van der Waals surface area (Å²) in [7, 11) is 0. The maximum Gasteiger partial charge on any atom is 0.416 e. The highest BCUT2D eigenvalue weighted by Crippen LogP contribution is 2.37. The fraction of sp³-hybridized carbons (Fsp3) is 0.364. The topological polar surface area (TPSA) is 46.3 Å². The van der Waals surface area contributed by atoms with Gasteiger partial charge < -0.3 is 10.6 Å². The van der Waals surface area contributed by atoms with Gasteiger partial charge in [-0.3, -0.25) is 4.79 Å². The van der Waals surface area contributed by atoms with Crippen molar-refractivity contribution in [2.75, 3.05) is 12.3 Å². The van der Waals surface area contributed by atoms with Gasteiger partial charge in [-0.25, -0.2) is 0 Å². The molecule has 1 atom stereocenters. The summed E-state index contributed by atoms with van der Waals surface area (Å²) in [5.41, 5.74) is 5.18. The molecule has 0 aliphatic carbocycles. The summed E-state index contributed by atoms with van der Waals surface area (Å²) >= 11 is 0. The number of hydrogen-bond acceptors (Lipinski definition) is 2. The number of likely N-dealkylation sites (tertiary alicyclic amines) is 1. The molecule has 1 heterocycles. The number of carbonyl (C=O) groups excluding carboxylic acids is 1. The smallest absolute Gasteiger partial charge is 0.399 e. The molecule has 2 N–H and O–H groups in total. The summed E-state index contributed by atoms with van der Waals surface area (Å²) in [4.78, 5) is 12.1. The van der Waals surface area contributed by atoms with Gasteiger partial charge in [-0.2, -0.15) is 13.2 Å². The van der Waals surface area contributed by atoms with Crippen molar-refractivity contribution in [3.05, 3.63) is 29.3 Å². The summed E-state index contributed by atoms with van der Waals surface area (Å²) in [6.45, 7) is 0.574. The van der Waals surface area contributed by atoms with Crippen molar-refractivity contribution in [1.82, 2.24) is 4.90 Å². The molecule has 92 valence electrons. The maximum absolute atomic E-state index is 12.6. The molecule has 0 radical (unpaired) electrons. The fourth-order valence-corrected chi connectivity index (χ4v) is 1.92. The third-order valence-corrected chi connectivity index (χ3v) is 2.89. The van der Waals surface area contributed by atoms with E-state index in [1.807, 2.05) is 0 Å². The van der Waals surface area contributed by atoms with Crippen molar-refractivity contribution in [3.63, 3.8) is 0 Å². The van der Waals surface area contributed by atoms with Gasteiger partial charge in [0.1, 0.15) is 0 Å². The lowest BCUT2D eigenvalue weighted by atomic mass is 9.93. The van der Waals surface area contributed by atoms with E-state index < -0.39 is 11.7 Å². The van der Waals surface area contributed by atoms with Crippen molar-refractivity contribution in [1.29, 1.82) is 0 Å². The van der Waals surface area contributed by atoms with E-state index in [0.717, 1.165) is 12.1 Å². The Morgan fingerprint density at radius 3 is 2.53 bits per heavy atom. The second-order valence-corrected chi connectivity index (χ2v) is 4.03. The normalized spacial score (nSPS) is 19.9. The van der Waals surface area contributed by atoms with E-state index in [1.165, 1.54) is 11.0 Å². The Labute approximate surface area is 96.0 Å². The van der Waals surface area contributed by atoms with E-state index in [4.69, 9.17) is 5.73 Å². The monoisotopic (exact) mass is 244 g/mol. The van der Waals surface area contributed by atoms with Crippen LogP contribution >= 0.6 is 0 Å². The van der Waals surface area contributed by atoms with E-state index in [-0.39, 0.29) is 11.7 Å². The minimum atomic E-state index is -4.42. The molecule has 2 rings (SSSR count). The van der Waals surface area contributed by atoms with E-state index in [9.17, 15) is 18.0 Å². The van der Waals surface area contributed by atoms with Gasteiger partial charge in [0.25, 0.3) is 0 Å². The Balaban J connectivity index is 2.35. The molecule has 1 unspecified atom stereocenters. The summed E-state index contributed by atoms with van der Waals surface area (Å²) < 4.78 is 37.7. The highest BCUT2D eigenvalue weighted by Gasteiger charge is 2.34. The van der Waals surface area contributed by atoms with Crippen LogP contribution in [-0.4, -0.2) is 17.9 Å². The van der Waals surface area contributed by atoms with Crippen molar-refractivity contribution in [2.24, 2.45) is 0 Å². The van der Waals surface area contributed by atoms with Gasteiger partial charge >= 0.3 is 6.18 Å². The molecule has 1 aliphatic rings. The molecule has 1 aliphatic heterocycles. The van der Waals surface area contributed by atoms with E-state index in [2.05, 4.69) is 0 Å². The van der Waals surface area contributed by atoms with E-state index >= 15 is 0 Å². The maximum atomic E-state index is 12.6. The first-order chi connectivity index (χ1) is 7.91. The van der Waals surface area contributed by atoms with Crippen LogP contribution in [0.25, 0.3) is 0 Å². The molecule has 0 bridgehead atoms. The third-order valence-electron chi connectivity index (χ3n) is 2.89. The zero-order valence-corrected chi connectivity index (χ0v) is 8.87. The molecule has 6 heteroatoms. The number of amides is 1. The zero-order chi connectivity index (χ0) is 12.6. The van der Waals surface area contributed by atoms with Gasteiger partial charge in [0.05, 0.1) is 11.6 Å². The first kappa shape index (κ1) is 11.8. The summed E-state index contributed by atoms with van der Waals surface area (Å²) in [5.74, 6) is 0. The molecule has 0 saturated carbocycles. The van der Waals surface area contributed by atoms with Crippen LogP contribution in [0, 0.1) is 0 Å². The van der Waals surface area contributed by atoms with Crippen molar-refractivity contribution in [3.8, 4) is 0 Å². The van der Waals surface area contributed by atoms with E-state index in [0.29, 0.717) is 24.9 Å². The first-order valence-electron chi connectivity index (χ1n) is 5.10. The number of benzene rings is 1. The quantitative estimate of drug-likeness (QED) is 0.640. The molecule has 1 aromatic carbocycles. The predicted molar refractivity (Wildman–Crippen MR) is 56.0 cm³/mol. The second kappa shape index (κ2) is 3.94. The summed E-state index contributed by atoms with van der Waals surface area (Å²) in [6, 6.07) is 3.15. The second-order valence-electron chi connectivity index (χ2n) is 4.03. The van der Waals surface area contributed by atoms with Crippen molar-refractivity contribution < 1.29 is 18.0 Å². The van der Waals surface area contributed by atoms with Gasteiger partial charge in [0.15, 0.2) is 0 Å². The lowest BCUT2D eigenvalue weighted by molar-refractivity contribution is -0.137. The van der Waals surface area contributed by atoms with Crippen LogP contribution in [-0.2, 0) is 11.0 Å². The Kier molecular flexibility index (Phi) is 2.73. The number of hydrogen-bond donors (Lipinski definition) is 1. The van der Waals surface area contributed by atoms with Crippen LogP contribution in [0.2, 0.25) is 0 Å². The number of halogens is 3. The standard InChI is InChI=1S/C11H11F3N2O/c12-11(13,14)8-3-7(4-9(15)5-8)10-1-2-16(10)6-17/h3-6,10H,1-2,15H2. The first-order valence-corrected chi connectivity index (χ1v) is 5.10. The van der Waals surface area contributed by atoms with Crippen LogP contribution in [0.3, 0.4) is 0 Å². The number of nitrogen functional groups attached to an aromatic ring is 1. The molecule has 0 spiro atoms. The average Bonchev–Trinajstić information content (AvgIpc) is 2.14. The Morgan fingerprint density at radius 1 is 1.35 bits per heavy atom. The van der Waals surface area contributed by atoms with Gasteiger partial charge in [-0.05, 0) is 30.2 Å². The van der Waals surface area contributed by atoms with Gasteiger partial charge in [-0.1, -0.05) is 0 Å². The Hall–Kier alpha value is -1.72. The number of carbonyl (C=O) groups is 1. The average molecular weight is 244 g/mol. The lowest BCUT2D eigenvalue weighted by Gasteiger charge is -2.38. The van der Waals surface area contributed by atoms with Crippen LogP contribution in [0.5, 0.6) is 0 Å². The van der Waals surface area contributed by atoms with Gasteiger partial charge in [-0.15, -0.1) is 0 Å². The minimum absolute atomic E-state index is 0.0626. The largest absolute Gasteiger partial charge is 0.416 e. The number of alkyl halides is 3. The predicted octanol–water partition coefficient (Wildman–Crippen LogP) is 2.19. The summed E-state index contributed by atoms with van der Waals surface area (Å²) in [5, 5.41) is 0. The molecule has 1 aromatic rings. The SMILES string of the molecule is Nc1cc(C2CCN2C=O)cc(C(F)(F)F)c1. The number of nitrogens with two attached hydrogens (primary N) is 1. The van der Waals surface area contributed by atoms with Crippen LogP contribution in [0.1, 0.15) is 23.6 Å². The van der Waals surface area contributed by atoms with Gasteiger partial charge in [0, 0.05) is 12.2 Å². The van der Waals surface area contributed by atoms with Crippen LogP contribution < -0.4 is 5.73 Å². The zero-order valence-electron chi connectivity index (χ0n) is 8.87. The molecule has 1 saturated heterocycles. The van der Waals surface area contributed by atoms with Crippen molar-refractivity contribution in [2.45, 2.75) is 18.6 Å². The molecule has 0 aromatic heterocycles. The molecular formula is C11H11F3N2O. The highest BCUT2D eigenvalue weighted by molar-refractivity contribution is 5.53. The highest BCUT2D eigenvalue weighted by atomic mass is 19.4. The molecule has 3 nitrogen and oxygen atoms in total. The Bertz CT molecular complexity index is 445. The lowest BCUT2D eigenvalue weighted by Crippen LogP contribution is -2.39. The fourth-order valence-electron chi connectivity index (χ4n) is 1.92. The number of rotatable bonds is 2. The molecular weight excluding hydrogens is 233 g/mol. The minimum Gasteiger partial charge on any atom is -0.399 e. The van der Waals surface area contributed by atoms with Crippen LogP contribution in [0.4, 0.5) is 18.9 Å². The number of anilines is 1. The van der Waals surface area contributed by atoms with E-state index in [1.54, 1.807) is 0 Å². The van der Waals surface area contributed by atoms with Gasteiger partial charge in [0.2, 0.25) is 6.41 Å². The summed E-state index contributed by atoms with van der Waals surface area (Å²) in [6.07, 6.45) is -3.11. The molecule has 1 amide bonds. The third kappa shape index (κ3) is 2.20.